The zero-order valence-electron chi connectivity index (χ0n) is 13.2. The van der Waals surface area contributed by atoms with Crippen molar-refractivity contribution < 1.29 is 23.7 Å². The second kappa shape index (κ2) is 6.82. The molecule has 1 aromatic heterocycles. The Morgan fingerprint density at radius 3 is 2.39 bits per heavy atom. The van der Waals surface area contributed by atoms with Gasteiger partial charge in [0.1, 0.15) is 0 Å². The number of ether oxygens (including phenoxy) is 3. The van der Waals surface area contributed by atoms with Crippen LogP contribution in [-0.2, 0) is 0 Å². The smallest absolute Gasteiger partial charge is 0.338 e. The quantitative estimate of drug-likeness (QED) is 0.596. The summed E-state index contributed by atoms with van der Waals surface area (Å²) in [6.45, 7) is 1.49. The minimum atomic E-state index is -0.530. The Kier molecular flexibility index (Phi) is 4.85. The van der Waals surface area contributed by atoms with Crippen molar-refractivity contribution in [3.05, 3.63) is 39.3 Å². The summed E-state index contributed by atoms with van der Waals surface area (Å²) in [5, 5.41) is 14.7. The van der Waals surface area contributed by atoms with Crippen LogP contribution in [0.15, 0.2) is 16.7 Å². The van der Waals surface area contributed by atoms with E-state index in [0.717, 1.165) is 0 Å². The van der Waals surface area contributed by atoms with Crippen LogP contribution in [0, 0.1) is 17.0 Å². The molecule has 0 fully saturated rings. The van der Waals surface area contributed by atoms with Crippen molar-refractivity contribution in [2.45, 2.75) is 6.92 Å². The van der Waals surface area contributed by atoms with E-state index >= 15 is 0 Å². The van der Waals surface area contributed by atoms with Gasteiger partial charge in [0, 0.05) is 12.5 Å². The third-order valence-corrected chi connectivity index (χ3v) is 3.19. The topological polar surface area (TPSA) is 96.9 Å². The van der Waals surface area contributed by atoms with Gasteiger partial charge in [-0.05, 0) is 24.3 Å². The first-order chi connectivity index (χ1) is 11.0. The zero-order chi connectivity index (χ0) is 17.0. The predicted molar refractivity (Wildman–Crippen MR) is 82.9 cm³/mol. The Morgan fingerprint density at radius 2 is 1.83 bits per heavy atom. The van der Waals surface area contributed by atoms with Gasteiger partial charge in [0.25, 0.3) is 0 Å². The van der Waals surface area contributed by atoms with Gasteiger partial charge < -0.3 is 18.7 Å². The normalized spacial score (nSPS) is 10.8. The first-order valence-corrected chi connectivity index (χ1v) is 6.61. The molecule has 0 aliphatic rings. The Labute approximate surface area is 132 Å². The van der Waals surface area contributed by atoms with Gasteiger partial charge in [-0.25, -0.2) is 0 Å². The van der Waals surface area contributed by atoms with E-state index in [2.05, 4.69) is 5.16 Å². The zero-order valence-corrected chi connectivity index (χ0v) is 13.2. The molecular formula is C15H16N2O6. The van der Waals surface area contributed by atoms with Crippen molar-refractivity contribution in [3.63, 3.8) is 0 Å². The van der Waals surface area contributed by atoms with Crippen LogP contribution < -0.4 is 14.2 Å². The monoisotopic (exact) mass is 320 g/mol. The summed E-state index contributed by atoms with van der Waals surface area (Å²) in [6, 6.07) is 3.46. The summed E-state index contributed by atoms with van der Waals surface area (Å²) in [5.74, 6) is 1.55. The van der Waals surface area contributed by atoms with Gasteiger partial charge in [0.15, 0.2) is 17.2 Å². The Hall–Kier alpha value is -3.03. The molecule has 0 amide bonds. The van der Waals surface area contributed by atoms with Crippen LogP contribution in [0.25, 0.3) is 12.2 Å². The number of hydrogen-bond acceptors (Lipinski definition) is 7. The molecule has 122 valence electrons. The summed E-state index contributed by atoms with van der Waals surface area (Å²) in [6.07, 6.45) is 3.11. The molecule has 8 nitrogen and oxygen atoms in total. The summed E-state index contributed by atoms with van der Waals surface area (Å²) in [4.78, 5) is 10.5. The number of aryl methyl sites for hydroxylation is 1. The molecule has 1 heterocycles. The molecule has 2 rings (SSSR count). The summed E-state index contributed by atoms with van der Waals surface area (Å²) < 4.78 is 20.7. The lowest BCUT2D eigenvalue weighted by Gasteiger charge is -2.13. The number of nitrogens with zero attached hydrogens (tertiary/aromatic N) is 2. The van der Waals surface area contributed by atoms with E-state index in [9.17, 15) is 10.1 Å². The molecule has 8 heteroatoms. The summed E-state index contributed by atoms with van der Waals surface area (Å²) >= 11 is 0. The Balaban J connectivity index is 2.46. The molecule has 0 spiro atoms. The number of aromatic nitrogens is 1. The van der Waals surface area contributed by atoms with E-state index in [-0.39, 0.29) is 17.1 Å². The number of hydrogen-bond donors (Lipinski definition) is 0. The van der Waals surface area contributed by atoms with Gasteiger partial charge >= 0.3 is 5.69 Å². The van der Waals surface area contributed by atoms with Gasteiger partial charge in [-0.3, -0.25) is 10.1 Å². The highest BCUT2D eigenvalue weighted by molar-refractivity contribution is 5.77. The standard InChI is InChI=1S/C15H16N2O6/c1-9-13(17(18)19)11(16-23-9)7-5-10-6-8-12(20-2)15(22-4)14(10)21-3/h5-8H,1-4H3/b7-5+. The maximum atomic E-state index is 11.0. The maximum Gasteiger partial charge on any atom is 0.338 e. The van der Waals surface area contributed by atoms with Crippen molar-refractivity contribution in [1.29, 1.82) is 0 Å². The van der Waals surface area contributed by atoms with E-state index in [1.54, 1.807) is 18.2 Å². The number of nitro groups is 1. The maximum absolute atomic E-state index is 11.0. The largest absolute Gasteiger partial charge is 0.493 e. The minimum Gasteiger partial charge on any atom is -0.493 e. The lowest BCUT2D eigenvalue weighted by Crippen LogP contribution is -1.96. The molecular weight excluding hydrogens is 304 g/mol. The molecule has 0 aliphatic carbocycles. The van der Waals surface area contributed by atoms with Gasteiger partial charge in [-0.1, -0.05) is 5.16 Å². The first kappa shape index (κ1) is 16.3. The van der Waals surface area contributed by atoms with Gasteiger partial charge in [-0.2, -0.15) is 0 Å². The van der Waals surface area contributed by atoms with E-state index in [1.165, 1.54) is 34.3 Å². The highest BCUT2D eigenvalue weighted by Crippen LogP contribution is 2.40. The molecule has 2 aromatic rings. The van der Waals surface area contributed by atoms with Gasteiger partial charge in [0.2, 0.25) is 11.5 Å². The summed E-state index contributed by atoms with van der Waals surface area (Å²) in [7, 11) is 4.52. The van der Waals surface area contributed by atoms with Crippen molar-refractivity contribution in [2.24, 2.45) is 0 Å². The highest BCUT2D eigenvalue weighted by atomic mass is 16.6. The minimum absolute atomic E-state index is 0.129. The lowest BCUT2D eigenvalue weighted by molar-refractivity contribution is -0.386. The molecule has 0 saturated carbocycles. The molecule has 0 aliphatic heterocycles. The van der Waals surface area contributed by atoms with Gasteiger partial charge in [-0.15, -0.1) is 0 Å². The lowest BCUT2D eigenvalue weighted by atomic mass is 10.1. The first-order valence-electron chi connectivity index (χ1n) is 6.61. The van der Waals surface area contributed by atoms with Gasteiger partial charge in [0.05, 0.1) is 26.3 Å². The average Bonchev–Trinajstić information content (AvgIpc) is 2.92. The molecule has 0 radical (unpaired) electrons. The molecule has 0 N–H and O–H groups in total. The van der Waals surface area contributed by atoms with Crippen molar-refractivity contribution in [1.82, 2.24) is 5.16 Å². The molecule has 0 unspecified atom stereocenters. The van der Waals surface area contributed by atoms with E-state index in [1.807, 2.05) is 0 Å². The highest BCUT2D eigenvalue weighted by Gasteiger charge is 2.22. The molecule has 0 atom stereocenters. The fourth-order valence-electron chi connectivity index (χ4n) is 2.14. The van der Waals surface area contributed by atoms with Crippen LogP contribution in [0.1, 0.15) is 17.0 Å². The predicted octanol–water partition coefficient (Wildman–Crippen LogP) is 3.09. The fourth-order valence-corrected chi connectivity index (χ4v) is 2.14. The fraction of sp³-hybridized carbons (Fsp3) is 0.267. The average molecular weight is 320 g/mol. The Morgan fingerprint density at radius 1 is 1.13 bits per heavy atom. The number of methoxy groups -OCH3 is 3. The van der Waals surface area contributed by atoms with Crippen LogP contribution in [-0.4, -0.2) is 31.4 Å². The number of benzene rings is 1. The van der Waals surface area contributed by atoms with Crippen molar-refractivity contribution in [2.75, 3.05) is 21.3 Å². The Bertz CT molecular complexity index is 751. The van der Waals surface area contributed by atoms with E-state index in [4.69, 9.17) is 18.7 Å². The van der Waals surface area contributed by atoms with Crippen molar-refractivity contribution >= 4 is 17.8 Å². The molecule has 1 aromatic carbocycles. The van der Waals surface area contributed by atoms with Crippen LogP contribution in [0.2, 0.25) is 0 Å². The third kappa shape index (κ3) is 3.10. The molecule has 0 saturated heterocycles. The van der Waals surface area contributed by atoms with Crippen LogP contribution in [0.4, 0.5) is 5.69 Å². The summed E-state index contributed by atoms with van der Waals surface area (Å²) in [5.41, 5.74) is 0.616. The third-order valence-electron chi connectivity index (χ3n) is 3.19. The van der Waals surface area contributed by atoms with E-state index in [0.29, 0.717) is 22.8 Å². The molecule has 0 bridgehead atoms. The molecule has 23 heavy (non-hydrogen) atoms. The van der Waals surface area contributed by atoms with E-state index < -0.39 is 4.92 Å². The van der Waals surface area contributed by atoms with Crippen LogP contribution in [0.3, 0.4) is 0 Å². The van der Waals surface area contributed by atoms with Crippen molar-refractivity contribution in [3.8, 4) is 17.2 Å². The number of rotatable bonds is 6. The van der Waals surface area contributed by atoms with Crippen LogP contribution in [0.5, 0.6) is 17.2 Å². The SMILES string of the molecule is COc1ccc(/C=C/c2noc(C)c2[N+](=O)[O-])c(OC)c1OC. The second-order valence-corrected chi connectivity index (χ2v) is 4.49. The van der Waals surface area contributed by atoms with Crippen LogP contribution >= 0.6 is 0 Å². The second-order valence-electron chi connectivity index (χ2n) is 4.49.